The molecular formula is C12H12N4O2. The molecule has 0 radical (unpaired) electrons. The molecule has 0 aliphatic carbocycles. The summed E-state index contributed by atoms with van der Waals surface area (Å²) >= 11 is 0. The molecule has 18 heavy (non-hydrogen) atoms. The van der Waals surface area contributed by atoms with Gasteiger partial charge in [-0.15, -0.1) is 0 Å². The summed E-state index contributed by atoms with van der Waals surface area (Å²) in [5.74, 6) is -0.363. The number of nitrogens with one attached hydrogen (secondary N) is 1. The first-order valence-corrected chi connectivity index (χ1v) is 5.28. The van der Waals surface area contributed by atoms with Gasteiger partial charge in [0.25, 0.3) is 5.91 Å². The van der Waals surface area contributed by atoms with E-state index in [1.54, 1.807) is 12.3 Å². The molecule has 0 saturated carbocycles. The van der Waals surface area contributed by atoms with Gasteiger partial charge in [-0.1, -0.05) is 0 Å². The van der Waals surface area contributed by atoms with Gasteiger partial charge in [-0.25, -0.2) is 9.97 Å². The number of benzene rings is 1. The third-order valence-electron chi connectivity index (χ3n) is 2.35. The van der Waals surface area contributed by atoms with Crippen molar-refractivity contribution in [1.82, 2.24) is 15.3 Å². The highest BCUT2D eigenvalue weighted by molar-refractivity contribution is 5.99. The van der Waals surface area contributed by atoms with Crippen molar-refractivity contribution in [2.45, 2.75) is 6.54 Å². The fourth-order valence-electron chi connectivity index (χ4n) is 1.43. The Hall–Kier alpha value is -2.63. The second-order valence-corrected chi connectivity index (χ2v) is 3.65. The molecule has 4 N–H and O–H groups in total. The lowest BCUT2D eigenvalue weighted by molar-refractivity contribution is 0.0951. The normalized spacial score (nSPS) is 10.0. The van der Waals surface area contributed by atoms with Gasteiger partial charge in [-0.2, -0.15) is 0 Å². The monoisotopic (exact) mass is 244 g/mol. The Kier molecular flexibility index (Phi) is 3.38. The van der Waals surface area contributed by atoms with Crippen molar-refractivity contribution in [2.75, 3.05) is 5.73 Å². The van der Waals surface area contributed by atoms with Crippen LogP contribution in [0.1, 0.15) is 16.1 Å². The van der Waals surface area contributed by atoms with Crippen molar-refractivity contribution >= 4 is 11.6 Å². The summed E-state index contributed by atoms with van der Waals surface area (Å²) in [6.45, 7) is 0.274. The molecule has 2 rings (SSSR count). The minimum Gasteiger partial charge on any atom is -0.508 e. The largest absolute Gasteiger partial charge is 0.508 e. The van der Waals surface area contributed by atoms with Crippen molar-refractivity contribution < 1.29 is 9.90 Å². The molecule has 1 aromatic heterocycles. The molecular weight excluding hydrogens is 232 g/mol. The highest BCUT2D eigenvalue weighted by Gasteiger charge is 2.10. The van der Waals surface area contributed by atoms with Gasteiger partial charge in [-0.05, 0) is 24.3 Å². The van der Waals surface area contributed by atoms with Crippen LogP contribution in [0, 0.1) is 0 Å². The Morgan fingerprint density at radius 3 is 2.94 bits per heavy atom. The van der Waals surface area contributed by atoms with E-state index >= 15 is 0 Å². The molecule has 1 heterocycles. The molecule has 0 aliphatic rings. The Morgan fingerprint density at radius 1 is 1.39 bits per heavy atom. The average Bonchev–Trinajstić information content (AvgIpc) is 2.40. The summed E-state index contributed by atoms with van der Waals surface area (Å²) in [6.07, 6.45) is 3.00. The van der Waals surface area contributed by atoms with Crippen LogP contribution in [0.5, 0.6) is 5.75 Å². The lowest BCUT2D eigenvalue weighted by Crippen LogP contribution is -2.24. The van der Waals surface area contributed by atoms with Crippen LogP contribution in [-0.2, 0) is 6.54 Å². The number of hydrogen-bond donors (Lipinski definition) is 3. The van der Waals surface area contributed by atoms with Gasteiger partial charge in [0.05, 0.1) is 17.8 Å². The number of amides is 1. The number of nitrogens with zero attached hydrogens (tertiary/aromatic N) is 2. The van der Waals surface area contributed by atoms with Gasteiger partial charge in [-0.3, -0.25) is 4.79 Å². The zero-order valence-corrected chi connectivity index (χ0v) is 9.50. The van der Waals surface area contributed by atoms with E-state index in [1.165, 1.54) is 24.5 Å². The number of carbonyl (C=O) groups is 1. The average molecular weight is 244 g/mol. The SMILES string of the molecule is Nc1ccc(O)cc1C(=O)NCc1ccncn1. The fourth-order valence-corrected chi connectivity index (χ4v) is 1.43. The third-order valence-corrected chi connectivity index (χ3v) is 2.35. The first kappa shape index (κ1) is 11.8. The molecule has 0 aliphatic heterocycles. The molecule has 1 amide bonds. The molecule has 0 unspecified atom stereocenters. The quantitative estimate of drug-likeness (QED) is 0.545. The standard InChI is InChI=1S/C12H12N4O2/c13-11-2-1-9(17)5-10(11)12(18)15-6-8-3-4-14-7-16-8/h1-5,7,17H,6,13H2,(H,15,18). The minimum absolute atomic E-state index is 0.00335. The Bertz CT molecular complexity index is 557. The summed E-state index contributed by atoms with van der Waals surface area (Å²) in [5.41, 5.74) is 6.91. The van der Waals surface area contributed by atoms with Crippen molar-refractivity contribution in [3.05, 3.63) is 48.0 Å². The van der Waals surface area contributed by atoms with E-state index in [4.69, 9.17) is 5.73 Å². The number of rotatable bonds is 3. The molecule has 0 fully saturated rings. The molecule has 6 heteroatoms. The minimum atomic E-state index is -0.359. The first-order valence-electron chi connectivity index (χ1n) is 5.28. The lowest BCUT2D eigenvalue weighted by atomic mass is 10.1. The Labute approximate surface area is 104 Å². The summed E-state index contributed by atoms with van der Waals surface area (Å²) in [5, 5.41) is 12.0. The summed E-state index contributed by atoms with van der Waals surface area (Å²) in [6, 6.07) is 5.93. The van der Waals surface area contributed by atoms with Crippen LogP contribution in [0.2, 0.25) is 0 Å². The number of nitrogen functional groups attached to an aromatic ring is 1. The maximum Gasteiger partial charge on any atom is 0.253 e. The maximum absolute atomic E-state index is 11.8. The number of phenolic OH excluding ortho intramolecular Hbond substituents is 1. The zero-order valence-electron chi connectivity index (χ0n) is 9.50. The first-order chi connectivity index (χ1) is 8.66. The topological polar surface area (TPSA) is 101 Å². The van der Waals surface area contributed by atoms with Crippen molar-refractivity contribution in [3.8, 4) is 5.75 Å². The van der Waals surface area contributed by atoms with Crippen molar-refractivity contribution in [3.63, 3.8) is 0 Å². The van der Waals surface area contributed by atoms with E-state index in [0.29, 0.717) is 11.4 Å². The lowest BCUT2D eigenvalue weighted by Gasteiger charge is -2.07. The highest BCUT2D eigenvalue weighted by Crippen LogP contribution is 2.18. The number of hydrogen-bond acceptors (Lipinski definition) is 5. The number of aromatic hydroxyl groups is 1. The van der Waals surface area contributed by atoms with Crippen LogP contribution in [0.25, 0.3) is 0 Å². The molecule has 1 aromatic carbocycles. The van der Waals surface area contributed by atoms with Crippen LogP contribution in [-0.4, -0.2) is 21.0 Å². The predicted octanol–water partition coefficient (Wildman–Crippen LogP) is 0.694. The van der Waals surface area contributed by atoms with E-state index < -0.39 is 0 Å². The van der Waals surface area contributed by atoms with E-state index in [2.05, 4.69) is 15.3 Å². The van der Waals surface area contributed by atoms with Gasteiger partial charge in [0.2, 0.25) is 0 Å². The van der Waals surface area contributed by atoms with Crippen LogP contribution >= 0.6 is 0 Å². The number of carbonyl (C=O) groups excluding carboxylic acids is 1. The van der Waals surface area contributed by atoms with Gasteiger partial charge in [0.15, 0.2) is 0 Å². The van der Waals surface area contributed by atoms with Crippen molar-refractivity contribution in [1.29, 1.82) is 0 Å². The number of nitrogens with two attached hydrogens (primary N) is 1. The molecule has 0 spiro atoms. The molecule has 2 aromatic rings. The van der Waals surface area contributed by atoms with E-state index in [-0.39, 0.29) is 23.8 Å². The predicted molar refractivity (Wildman–Crippen MR) is 65.7 cm³/mol. The van der Waals surface area contributed by atoms with Crippen LogP contribution in [0.4, 0.5) is 5.69 Å². The highest BCUT2D eigenvalue weighted by atomic mass is 16.3. The number of phenols is 1. The van der Waals surface area contributed by atoms with Gasteiger partial charge < -0.3 is 16.2 Å². The van der Waals surface area contributed by atoms with Crippen LogP contribution in [0.3, 0.4) is 0 Å². The number of anilines is 1. The summed E-state index contributed by atoms with van der Waals surface area (Å²) in [4.78, 5) is 19.6. The Balaban J connectivity index is 2.06. The van der Waals surface area contributed by atoms with E-state index in [0.717, 1.165) is 0 Å². The molecule has 0 atom stereocenters. The second kappa shape index (κ2) is 5.13. The van der Waals surface area contributed by atoms with E-state index in [9.17, 15) is 9.90 Å². The maximum atomic E-state index is 11.8. The zero-order chi connectivity index (χ0) is 13.0. The molecule has 0 bridgehead atoms. The van der Waals surface area contributed by atoms with Crippen molar-refractivity contribution in [2.24, 2.45) is 0 Å². The third kappa shape index (κ3) is 2.73. The van der Waals surface area contributed by atoms with Gasteiger partial charge >= 0.3 is 0 Å². The number of aromatic nitrogens is 2. The molecule has 92 valence electrons. The summed E-state index contributed by atoms with van der Waals surface area (Å²) in [7, 11) is 0. The van der Waals surface area contributed by atoms with Crippen LogP contribution in [0.15, 0.2) is 36.8 Å². The summed E-state index contributed by atoms with van der Waals surface area (Å²) < 4.78 is 0. The van der Waals surface area contributed by atoms with E-state index in [1.807, 2.05) is 0 Å². The second-order valence-electron chi connectivity index (χ2n) is 3.65. The van der Waals surface area contributed by atoms with Crippen LogP contribution < -0.4 is 11.1 Å². The Morgan fingerprint density at radius 2 is 2.22 bits per heavy atom. The fraction of sp³-hybridized carbons (Fsp3) is 0.0833. The molecule has 6 nitrogen and oxygen atoms in total. The van der Waals surface area contributed by atoms with Gasteiger partial charge in [0.1, 0.15) is 12.1 Å². The van der Waals surface area contributed by atoms with Gasteiger partial charge in [0, 0.05) is 11.9 Å². The molecule has 0 saturated heterocycles. The smallest absolute Gasteiger partial charge is 0.253 e.